The fourth-order valence-electron chi connectivity index (χ4n) is 6.00. The van der Waals surface area contributed by atoms with Crippen molar-refractivity contribution in [2.75, 3.05) is 32.8 Å². The Labute approximate surface area is 277 Å². The van der Waals surface area contributed by atoms with Crippen molar-refractivity contribution in [3.05, 3.63) is 71.3 Å². The van der Waals surface area contributed by atoms with Gasteiger partial charge in [-0.25, -0.2) is 13.1 Å². The second-order valence-corrected chi connectivity index (χ2v) is 14.6. The Morgan fingerprint density at radius 1 is 1.00 bits per heavy atom. The molecule has 0 bridgehead atoms. The van der Waals surface area contributed by atoms with E-state index in [1.807, 2.05) is 41.4 Å². The number of ether oxygens (including phenoxy) is 1. The van der Waals surface area contributed by atoms with Crippen LogP contribution in [-0.4, -0.2) is 83.1 Å². The maximum atomic E-state index is 13.7. The van der Waals surface area contributed by atoms with Gasteiger partial charge in [0.25, 0.3) is 5.91 Å². The Kier molecular flexibility index (Phi) is 9.62. The van der Waals surface area contributed by atoms with Gasteiger partial charge in [0.2, 0.25) is 15.9 Å². The number of hydrogen-bond acceptors (Lipinski definition) is 9. The number of primary amides is 1. The van der Waals surface area contributed by atoms with Gasteiger partial charge in [-0.3, -0.25) is 14.4 Å². The topological polar surface area (TPSA) is 157 Å². The van der Waals surface area contributed by atoms with E-state index in [1.165, 1.54) is 16.1 Å². The minimum absolute atomic E-state index is 0.119. The lowest BCUT2D eigenvalue weighted by Gasteiger charge is -2.31. The first-order chi connectivity index (χ1) is 22.6. The quantitative estimate of drug-likeness (QED) is 0.278. The van der Waals surface area contributed by atoms with Crippen LogP contribution in [0.3, 0.4) is 0 Å². The third-order valence-electron chi connectivity index (χ3n) is 8.65. The van der Waals surface area contributed by atoms with Crippen molar-refractivity contribution in [1.82, 2.24) is 19.0 Å². The van der Waals surface area contributed by atoms with Gasteiger partial charge >= 0.3 is 5.97 Å². The number of nitrogens with two attached hydrogens (primary N) is 1. The minimum atomic E-state index is -3.85. The summed E-state index contributed by atoms with van der Waals surface area (Å²) in [7, 11) is -3.85. The number of amides is 2. The van der Waals surface area contributed by atoms with Crippen molar-refractivity contribution in [3.8, 4) is 16.9 Å². The maximum absolute atomic E-state index is 13.7. The standard InChI is InChI=1S/C33H36N6O6S2/c1-2-45-32(42)23-13-17-38(18-14-23)47(43,44)27-10-6-7-24(19-27)29-25(21-39(36-29)26-8-4-3-5-9-26)20-28-31(41)35-33(46-28)37-15-11-22(12-16-37)30(34)40/h3-10,19-23H,2,11-18H2,1H3,(H2,34,40). The smallest absolute Gasteiger partial charge is 0.309 e. The minimum Gasteiger partial charge on any atom is -0.466 e. The average molecular weight is 677 g/mol. The van der Waals surface area contributed by atoms with E-state index in [9.17, 15) is 22.8 Å². The lowest BCUT2D eigenvalue weighted by Crippen LogP contribution is -2.40. The van der Waals surface area contributed by atoms with Crippen molar-refractivity contribution in [2.45, 2.75) is 37.5 Å². The molecule has 47 heavy (non-hydrogen) atoms. The molecular formula is C33H36N6O6S2. The SMILES string of the molecule is CCOC(=O)C1CCN(S(=O)(=O)c2cccc(-c3nn(-c4ccccc4)cc3C=C3SC(N4CCC(C(N)=O)CC4)=NC3=O)c2)CC1. The predicted octanol–water partition coefficient (Wildman–Crippen LogP) is 3.67. The largest absolute Gasteiger partial charge is 0.466 e. The molecule has 3 aliphatic rings. The zero-order chi connectivity index (χ0) is 33.1. The lowest BCUT2D eigenvalue weighted by molar-refractivity contribution is -0.149. The number of amidine groups is 1. The highest BCUT2D eigenvalue weighted by Crippen LogP contribution is 2.35. The number of nitrogens with zero attached hydrogens (tertiary/aromatic N) is 5. The highest BCUT2D eigenvalue weighted by molar-refractivity contribution is 8.18. The van der Waals surface area contributed by atoms with Crippen LogP contribution >= 0.6 is 11.8 Å². The van der Waals surface area contributed by atoms with Crippen LogP contribution in [0.15, 0.2) is 75.6 Å². The summed E-state index contributed by atoms with van der Waals surface area (Å²) in [5, 5.41) is 5.42. The molecule has 4 heterocycles. The average Bonchev–Trinajstić information content (AvgIpc) is 3.69. The van der Waals surface area contributed by atoms with Crippen LogP contribution in [0.4, 0.5) is 0 Å². The third kappa shape index (κ3) is 7.04. The molecule has 0 unspecified atom stereocenters. The van der Waals surface area contributed by atoms with Gasteiger partial charge in [0.05, 0.1) is 28.0 Å². The Morgan fingerprint density at radius 2 is 1.70 bits per heavy atom. The normalized spacial score (nSPS) is 19.3. The van der Waals surface area contributed by atoms with Gasteiger partial charge in [0.15, 0.2) is 5.17 Å². The van der Waals surface area contributed by atoms with Gasteiger partial charge < -0.3 is 15.4 Å². The first-order valence-corrected chi connectivity index (χ1v) is 17.9. The molecule has 0 spiro atoms. The highest BCUT2D eigenvalue weighted by atomic mass is 32.2. The van der Waals surface area contributed by atoms with E-state index in [2.05, 4.69) is 4.99 Å². The van der Waals surface area contributed by atoms with Crippen molar-refractivity contribution < 1.29 is 27.5 Å². The Balaban J connectivity index is 1.27. The van der Waals surface area contributed by atoms with Crippen molar-refractivity contribution >= 4 is 50.8 Å². The van der Waals surface area contributed by atoms with Crippen LogP contribution in [0.2, 0.25) is 0 Å². The van der Waals surface area contributed by atoms with E-state index in [1.54, 1.807) is 41.9 Å². The summed E-state index contributed by atoms with van der Waals surface area (Å²) >= 11 is 1.27. The Morgan fingerprint density at radius 3 is 2.38 bits per heavy atom. The van der Waals surface area contributed by atoms with E-state index in [4.69, 9.17) is 15.6 Å². The summed E-state index contributed by atoms with van der Waals surface area (Å²) in [6.07, 6.45) is 5.56. The summed E-state index contributed by atoms with van der Waals surface area (Å²) in [6, 6.07) is 16.1. The van der Waals surface area contributed by atoms with Crippen LogP contribution in [0, 0.1) is 11.8 Å². The summed E-state index contributed by atoms with van der Waals surface area (Å²) in [4.78, 5) is 43.7. The van der Waals surface area contributed by atoms with Crippen molar-refractivity contribution in [2.24, 2.45) is 22.6 Å². The number of esters is 1. The number of piperidine rings is 2. The van der Waals surface area contributed by atoms with Crippen LogP contribution in [0.1, 0.15) is 38.2 Å². The number of benzene rings is 2. The van der Waals surface area contributed by atoms with E-state index in [0.29, 0.717) is 72.3 Å². The molecule has 1 aromatic heterocycles. The number of para-hydroxylation sites is 1. The van der Waals surface area contributed by atoms with Crippen LogP contribution in [0.5, 0.6) is 0 Å². The number of carbonyl (C=O) groups is 3. The predicted molar refractivity (Wildman–Crippen MR) is 179 cm³/mol. The van der Waals surface area contributed by atoms with Gasteiger partial charge in [-0.15, -0.1) is 0 Å². The molecule has 0 radical (unpaired) electrons. The molecular weight excluding hydrogens is 641 g/mol. The molecule has 12 nitrogen and oxygen atoms in total. The number of carbonyl (C=O) groups excluding carboxylic acids is 3. The summed E-state index contributed by atoms with van der Waals surface area (Å²) in [5.74, 6) is -1.45. The highest BCUT2D eigenvalue weighted by Gasteiger charge is 2.34. The number of rotatable bonds is 8. The van der Waals surface area contributed by atoms with Gasteiger partial charge in [0, 0.05) is 49.4 Å². The molecule has 0 aliphatic carbocycles. The molecule has 0 saturated carbocycles. The second kappa shape index (κ2) is 13.8. The summed E-state index contributed by atoms with van der Waals surface area (Å²) in [5.41, 5.74) is 7.98. The molecule has 246 valence electrons. The van der Waals surface area contributed by atoms with E-state index >= 15 is 0 Å². The Bertz CT molecular complexity index is 1840. The molecule has 2 fully saturated rings. The third-order valence-corrected chi connectivity index (χ3v) is 11.6. The molecule has 14 heteroatoms. The summed E-state index contributed by atoms with van der Waals surface area (Å²) in [6.45, 7) is 3.65. The molecule has 2 amide bonds. The van der Waals surface area contributed by atoms with Crippen molar-refractivity contribution in [3.63, 3.8) is 0 Å². The van der Waals surface area contributed by atoms with E-state index in [0.717, 1.165) is 5.69 Å². The first-order valence-electron chi connectivity index (χ1n) is 15.6. The number of likely N-dealkylation sites (tertiary alicyclic amines) is 1. The summed E-state index contributed by atoms with van der Waals surface area (Å²) < 4.78 is 35.7. The molecule has 2 N–H and O–H groups in total. The number of aromatic nitrogens is 2. The monoisotopic (exact) mass is 676 g/mol. The molecule has 2 aromatic carbocycles. The van der Waals surface area contributed by atoms with Crippen molar-refractivity contribution in [1.29, 1.82) is 0 Å². The number of sulfonamides is 1. The number of hydrogen-bond donors (Lipinski definition) is 1. The van der Waals surface area contributed by atoms with Gasteiger partial charge in [0.1, 0.15) is 5.69 Å². The van der Waals surface area contributed by atoms with Gasteiger partial charge in [-0.1, -0.05) is 30.3 Å². The maximum Gasteiger partial charge on any atom is 0.309 e. The number of thioether (sulfide) groups is 1. The number of aliphatic imine (C=N–C) groups is 1. The molecule has 3 aliphatic heterocycles. The molecule has 6 rings (SSSR count). The second-order valence-electron chi connectivity index (χ2n) is 11.6. The van der Waals surface area contributed by atoms with Crippen LogP contribution in [-0.2, 0) is 29.1 Å². The van der Waals surface area contributed by atoms with Gasteiger partial charge in [-0.05, 0) is 74.7 Å². The zero-order valence-electron chi connectivity index (χ0n) is 25.9. The van der Waals surface area contributed by atoms with E-state index in [-0.39, 0.29) is 47.6 Å². The van der Waals surface area contributed by atoms with Gasteiger partial charge in [-0.2, -0.15) is 14.4 Å². The van der Waals surface area contributed by atoms with E-state index < -0.39 is 10.0 Å². The molecule has 2 saturated heterocycles. The lowest BCUT2D eigenvalue weighted by atomic mass is 9.97. The Hall–Kier alpha value is -4.27. The fraction of sp³-hybridized carbons (Fsp3) is 0.364. The molecule has 3 aromatic rings. The zero-order valence-corrected chi connectivity index (χ0v) is 27.6. The molecule has 0 atom stereocenters. The van der Waals surface area contributed by atoms with Crippen LogP contribution < -0.4 is 5.73 Å². The van der Waals surface area contributed by atoms with Crippen LogP contribution in [0.25, 0.3) is 23.0 Å². The fourth-order valence-corrected chi connectivity index (χ4v) is 8.48. The first kappa shape index (κ1) is 32.7.